The molecule has 0 saturated carbocycles. The molecule has 0 spiro atoms. The van der Waals surface area contributed by atoms with Crippen LogP contribution in [0.3, 0.4) is 0 Å². The molecular formula is C15H27N4O12P. The van der Waals surface area contributed by atoms with Crippen LogP contribution in [0.1, 0.15) is 12.1 Å². The maximum Gasteiger partial charge on any atom is 0.469 e. The van der Waals surface area contributed by atoms with Crippen molar-refractivity contribution in [1.82, 2.24) is 15.3 Å². The minimum absolute atomic E-state index is 0.118. The highest BCUT2D eigenvalue weighted by Crippen LogP contribution is 2.36. The van der Waals surface area contributed by atoms with E-state index in [0.29, 0.717) is 5.69 Å². The molecule has 1 aliphatic rings. The average molecular weight is 486 g/mol. The Hall–Kier alpha value is -1.98. The Labute approximate surface area is 181 Å². The second-order valence-electron chi connectivity index (χ2n) is 6.60. The third-order valence-electron chi connectivity index (χ3n) is 4.08. The van der Waals surface area contributed by atoms with Crippen molar-refractivity contribution < 1.29 is 58.7 Å². The number of carboxylic acid groups (broad SMARTS) is 1. The van der Waals surface area contributed by atoms with Crippen molar-refractivity contribution in [1.29, 1.82) is 0 Å². The number of imidazole rings is 1. The van der Waals surface area contributed by atoms with Gasteiger partial charge in [0, 0.05) is 31.3 Å². The van der Waals surface area contributed by atoms with Crippen LogP contribution in [0.2, 0.25) is 0 Å². The molecule has 2 heterocycles. The summed E-state index contributed by atoms with van der Waals surface area (Å²) in [5, 5.41) is 48.0. The van der Waals surface area contributed by atoms with E-state index in [9.17, 15) is 24.4 Å². The Kier molecular flexibility index (Phi) is 11.3. The highest BCUT2D eigenvalue weighted by Gasteiger charge is 2.43. The number of carbonyl (C=O) groups is 2. The second kappa shape index (κ2) is 12.9. The van der Waals surface area contributed by atoms with Gasteiger partial charge in [0.15, 0.2) is 6.29 Å². The first-order chi connectivity index (χ1) is 14.9. The van der Waals surface area contributed by atoms with E-state index in [1.165, 1.54) is 12.5 Å². The van der Waals surface area contributed by atoms with Gasteiger partial charge in [-0.05, 0) is 0 Å². The van der Waals surface area contributed by atoms with E-state index in [1.807, 2.05) is 0 Å². The fourth-order valence-electron chi connectivity index (χ4n) is 2.45. The van der Waals surface area contributed by atoms with Crippen molar-refractivity contribution >= 4 is 19.7 Å². The van der Waals surface area contributed by atoms with Gasteiger partial charge in [-0.2, -0.15) is 0 Å². The summed E-state index contributed by atoms with van der Waals surface area (Å²) in [6.45, 7) is -0.533. The van der Waals surface area contributed by atoms with Crippen molar-refractivity contribution in [2.75, 3.05) is 13.2 Å². The molecular weight excluding hydrogens is 459 g/mol. The van der Waals surface area contributed by atoms with Crippen LogP contribution in [-0.4, -0.2) is 107 Å². The van der Waals surface area contributed by atoms with E-state index in [1.54, 1.807) is 0 Å². The van der Waals surface area contributed by atoms with E-state index in [0.717, 1.165) is 0 Å². The Morgan fingerprint density at radius 1 is 1.25 bits per heavy atom. The summed E-state index contributed by atoms with van der Waals surface area (Å²) < 4.78 is 19.0. The van der Waals surface area contributed by atoms with Gasteiger partial charge in [0.1, 0.15) is 30.5 Å². The Morgan fingerprint density at radius 3 is 2.41 bits per heavy atom. The number of aliphatic carboxylic acids is 1. The smallest absolute Gasteiger partial charge is 0.469 e. The van der Waals surface area contributed by atoms with Crippen LogP contribution in [0.5, 0.6) is 0 Å². The molecule has 11 N–H and O–H groups in total. The molecule has 6 atom stereocenters. The largest absolute Gasteiger partial charge is 0.480 e. The quantitative estimate of drug-likeness (QED) is 0.148. The fraction of sp³-hybridized carbons (Fsp3) is 0.667. The molecule has 1 aliphatic heterocycles. The zero-order valence-electron chi connectivity index (χ0n) is 16.6. The number of aromatic amines is 1. The summed E-state index contributed by atoms with van der Waals surface area (Å²) >= 11 is 0. The molecule has 16 nitrogen and oxygen atoms in total. The van der Waals surface area contributed by atoms with Gasteiger partial charge >= 0.3 is 13.8 Å². The molecule has 1 aromatic rings. The highest BCUT2D eigenvalue weighted by atomic mass is 31.2. The van der Waals surface area contributed by atoms with Crippen LogP contribution in [0, 0.1) is 0 Å². The number of nitrogens with two attached hydrogens (primary N) is 1. The standard InChI is InChI=1S/C9H14N4O3.C6H13O9P/c10-2-1-8(14)13-7(9(15)16)3-6-4-11-5-12-6;7-3-2(1-14-16(11,12)13)15-6(10)5(9)4(3)8/h4-5,7H,1-3,10H2,(H,11,12)(H,13,14)(H,15,16);2-10H,1H2,(H2,11,12,13)/t7-;2-,3-,4+,5-,6?/m11/s1. The number of aliphatic hydroxyl groups excluding tert-OH is 4. The lowest BCUT2D eigenvalue weighted by molar-refractivity contribution is -0.285. The Balaban J connectivity index is 0.000000320. The molecule has 32 heavy (non-hydrogen) atoms. The van der Waals surface area contributed by atoms with Gasteiger partial charge < -0.3 is 56.1 Å². The number of carbonyl (C=O) groups excluding carboxylic acids is 1. The van der Waals surface area contributed by atoms with Gasteiger partial charge in [-0.1, -0.05) is 0 Å². The zero-order valence-corrected chi connectivity index (χ0v) is 17.5. The molecule has 1 aromatic heterocycles. The predicted octanol–water partition coefficient (Wildman–Crippen LogP) is -4.23. The van der Waals surface area contributed by atoms with Gasteiger partial charge in [-0.15, -0.1) is 0 Å². The number of rotatable bonds is 9. The molecule has 0 aromatic carbocycles. The van der Waals surface area contributed by atoms with E-state index < -0.39 is 57.1 Å². The first-order valence-corrected chi connectivity index (χ1v) is 10.7. The average Bonchev–Trinajstić information content (AvgIpc) is 3.21. The normalized spacial score (nSPS) is 26.5. The molecule has 184 valence electrons. The first-order valence-electron chi connectivity index (χ1n) is 9.13. The van der Waals surface area contributed by atoms with Crippen LogP contribution in [0.4, 0.5) is 0 Å². The third-order valence-corrected chi connectivity index (χ3v) is 4.56. The lowest BCUT2D eigenvalue weighted by Gasteiger charge is -2.38. The highest BCUT2D eigenvalue weighted by molar-refractivity contribution is 7.46. The summed E-state index contributed by atoms with van der Waals surface area (Å²) in [5.74, 6) is -1.45. The van der Waals surface area contributed by atoms with Crippen molar-refractivity contribution in [2.24, 2.45) is 5.73 Å². The molecule has 1 saturated heterocycles. The summed E-state index contributed by atoms with van der Waals surface area (Å²) in [6.07, 6.45) is -4.84. The summed E-state index contributed by atoms with van der Waals surface area (Å²) in [6, 6.07) is -0.959. The maximum atomic E-state index is 11.2. The van der Waals surface area contributed by atoms with Gasteiger partial charge in [0.05, 0.1) is 12.9 Å². The van der Waals surface area contributed by atoms with Gasteiger partial charge in [0.2, 0.25) is 5.91 Å². The number of carboxylic acids is 1. The lowest BCUT2D eigenvalue weighted by atomic mass is 10.00. The molecule has 0 radical (unpaired) electrons. The summed E-state index contributed by atoms with van der Waals surface area (Å²) in [4.78, 5) is 45.4. The number of H-pyrrole nitrogens is 1. The number of amides is 1. The Morgan fingerprint density at radius 2 is 1.91 bits per heavy atom. The maximum absolute atomic E-state index is 11.2. The molecule has 17 heteroatoms. The fourth-order valence-corrected chi connectivity index (χ4v) is 2.79. The van der Waals surface area contributed by atoms with Crippen LogP contribution < -0.4 is 11.1 Å². The third kappa shape index (κ3) is 9.66. The predicted molar refractivity (Wildman–Crippen MR) is 102 cm³/mol. The molecule has 1 fully saturated rings. The minimum Gasteiger partial charge on any atom is -0.480 e. The van der Waals surface area contributed by atoms with Crippen LogP contribution in [-0.2, 0) is 29.8 Å². The number of nitrogens with one attached hydrogen (secondary N) is 2. The van der Waals surface area contributed by atoms with Crippen molar-refractivity contribution in [3.63, 3.8) is 0 Å². The Bertz CT molecular complexity index is 760. The lowest BCUT2D eigenvalue weighted by Crippen LogP contribution is -2.58. The number of aromatic nitrogens is 2. The molecule has 0 aliphatic carbocycles. The minimum atomic E-state index is -4.73. The van der Waals surface area contributed by atoms with Gasteiger partial charge in [-0.3, -0.25) is 9.32 Å². The van der Waals surface area contributed by atoms with Crippen LogP contribution >= 0.6 is 7.82 Å². The van der Waals surface area contributed by atoms with Gasteiger partial charge in [-0.25, -0.2) is 14.3 Å². The van der Waals surface area contributed by atoms with Crippen molar-refractivity contribution in [2.45, 2.75) is 49.6 Å². The zero-order chi connectivity index (χ0) is 24.5. The topological polar surface area (TPSA) is 278 Å². The van der Waals surface area contributed by atoms with Crippen LogP contribution in [0.15, 0.2) is 12.5 Å². The molecule has 2 rings (SSSR count). The monoisotopic (exact) mass is 486 g/mol. The first kappa shape index (κ1) is 28.1. The SMILES string of the molecule is NCCC(=O)N[C@H](Cc1cnc[nH]1)C(=O)O.O=P(O)(O)OC[C@H]1OC(O)[C@H](O)[C@@H](O)[C@@H]1O. The molecule has 1 unspecified atom stereocenters. The number of hydrogen-bond acceptors (Lipinski definition) is 11. The number of aliphatic hydroxyl groups is 4. The summed E-state index contributed by atoms with van der Waals surface area (Å²) in [7, 11) is -4.73. The molecule has 0 bridgehead atoms. The number of hydrogen-bond donors (Lipinski definition) is 10. The van der Waals surface area contributed by atoms with E-state index in [4.69, 9.17) is 30.8 Å². The van der Waals surface area contributed by atoms with E-state index >= 15 is 0 Å². The van der Waals surface area contributed by atoms with Crippen molar-refractivity contribution in [3.05, 3.63) is 18.2 Å². The second-order valence-corrected chi connectivity index (χ2v) is 7.84. The summed E-state index contributed by atoms with van der Waals surface area (Å²) in [5.41, 5.74) is 5.85. The van der Waals surface area contributed by atoms with Gasteiger partial charge in [0.25, 0.3) is 0 Å². The van der Waals surface area contributed by atoms with Crippen LogP contribution in [0.25, 0.3) is 0 Å². The van der Waals surface area contributed by atoms with Crippen molar-refractivity contribution in [3.8, 4) is 0 Å². The molecule has 1 amide bonds. The van der Waals surface area contributed by atoms with E-state index in [2.05, 4.69) is 24.5 Å². The number of phosphoric ester groups is 1. The number of phosphoric acid groups is 1. The van der Waals surface area contributed by atoms with E-state index in [-0.39, 0.29) is 25.3 Å². The number of nitrogens with zero attached hydrogens (tertiary/aromatic N) is 1. The number of ether oxygens (including phenoxy) is 1.